The zero-order chi connectivity index (χ0) is 12.8. The number of hydrogen-bond acceptors (Lipinski definition) is 1. The van der Waals surface area contributed by atoms with E-state index >= 15 is 0 Å². The second kappa shape index (κ2) is 7.02. The van der Waals surface area contributed by atoms with Gasteiger partial charge in [-0.25, -0.2) is 0 Å². The Kier molecular flexibility index (Phi) is 6.00. The maximum Gasteiger partial charge on any atom is 0.252 e. The third-order valence-electron chi connectivity index (χ3n) is 2.45. The smallest absolute Gasteiger partial charge is 0.252 e. The van der Waals surface area contributed by atoms with Crippen molar-refractivity contribution in [3.05, 3.63) is 33.8 Å². The van der Waals surface area contributed by atoms with Crippen molar-refractivity contribution in [2.45, 2.75) is 32.1 Å². The number of alkyl halides is 1. The molecule has 4 heteroatoms. The Morgan fingerprint density at radius 1 is 1.53 bits per heavy atom. The zero-order valence-corrected chi connectivity index (χ0v) is 12.4. The van der Waals surface area contributed by atoms with Crippen molar-refractivity contribution in [1.29, 1.82) is 0 Å². The van der Waals surface area contributed by atoms with Crippen molar-refractivity contribution < 1.29 is 4.79 Å². The van der Waals surface area contributed by atoms with E-state index in [2.05, 4.69) is 28.2 Å². The maximum absolute atomic E-state index is 11.9. The topological polar surface area (TPSA) is 29.1 Å². The van der Waals surface area contributed by atoms with E-state index < -0.39 is 0 Å². The molecule has 0 spiro atoms. The van der Waals surface area contributed by atoms with Crippen molar-refractivity contribution in [3.8, 4) is 0 Å². The monoisotopic (exact) mass is 317 g/mol. The first-order valence-corrected chi connectivity index (χ1v) is 6.96. The SMILES string of the molecule is CCCC(Cl)CNC(=O)c1cc(C)ccc1Br. The number of carbonyl (C=O) groups excluding carboxylic acids is 1. The Hall–Kier alpha value is -0.540. The van der Waals surface area contributed by atoms with Gasteiger partial charge in [0.05, 0.1) is 10.9 Å². The van der Waals surface area contributed by atoms with Crippen LogP contribution in [0, 0.1) is 6.92 Å². The second-order valence-corrected chi connectivity index (χ2v) is 5.55. The molecule has 0 aliphatic carbocycles. The van der Waals surface area contributed by atoms with Crippen LogP contribution in [0.3, 0.4) is 0 Å². The minimum atomic E-state index is -0.0812. The standard InChI is InChI=1S/C13H17BrClNO/c1-3-4-10(15)8-16-13(17)11-7-9(2)5-6-12(11)14/h5-7,10H,3-4,8H2,1-2H3,(H,16,17). The van der Waals surface area contributed by atoms with Gasteiger partial charge in [-0.3, -0.25) is 4.79 Å². The molecule has 0 radical (unpaired) electrons. The minimum absolute atomic E-state index is 0.00698. The van der Waals surface area contributed by atoms with Gasteiger partial charge in [0, 0.05) is 11.0 Å². The quantitative estimate of drug-likeness (QED) is 0.820. The highest BCUT2D eigenvalue weighted by Crippen LogP contribution is 2.18. The second-order valence-electron chi connectivity index (χ2n) is 4.08. The highest BCUT2D eigenvalue weighted by molar-refractivity contribution is 9.10. The average Bonchev–Trinajstić information content (AvgIpc) is 2.29. The molecule has 0 bridgehead atoms. The fourth-order valence-corrected chi connectivity index (χ4v) is 2.25. The number of halogens is 2. The summed E-state index contributed by atoms with van der Waals surface area (Å²) in [5.74, 6) is -0.0812. The predicted molar refractivity (Wildman–Crippen MR) is 75.8 cm³/mol. The number of rotatable bonds is 5. The van der Waals surface area contributed by atoms with Crippen molar-refractivity contribution in [1.82, 2.24) is 5.32 Å². The van der Waals surface area contributed by atoms with Gasteiger partial charge in [-0.2, -0.15) is 0 Å². The van der Waals surface area contributed by atoms with Crippen LogP contribution >= 0.6 is 27.5 Å². The molecule has 0 aliphatic rings. The summed E-state index contributed by atoms with van der Waals surface area (Å²) in [4.78, 5) is 11.9. The normalized spacial score (nSPS) is 12.2. The van der Waals surface area contributed by atoms with Crippen LogP contribution in [0.25, 0.3) is 0 Å². The van der Waals surface area contributed by atoms with Crippen molar-refractivity contribution in [3.63, 3.8) is 0 Å². The van der Waals surface area contributed by atoms with Crippen LogP contribution in [0.5, 0.6) is 0 Å². The lowest BCUT2D eigenvalue weighted by atomic mass is 10.1. The van der Waals surface area contributed by atoms with Gasteiger partial charge in [0.25, 0.3) is 5.91 Å². The summed E-state index contributed by atoms with van der Waals surface area (Å²) in [5.41, 5.74) is 1.72. The van der Waals surface area contributed by atoms with Crippen LogP contribution in [0.1, 0.15) is 35.7 Å². The van der Waals surface area contributed by atoms with E-state index in [0.29, 0.717) is 12.1 Å². The summed E-state index contributed by atoms with van der Waals surface area (Å²) in [6, 6.07) is 5.71. The van der Waals surface area contributed by atoms with Gasteiger partial charge in [0.1, 0.15) is 0 Å². The fraction of sp³-hybridized carbons (Fsp3) is 0.462. The van der Waals surface area contributed by atoms with Crippen LogP contribution < -0.4 is 5.32 Å². The average molecular weight is 319 g/mol. The predicted octanol–water partition coefficient (Wildman–Crippen LogP) is 3.89. The molecule has 0 heterocycles. The highest BCUT2D eigenvalue weighted by atomic mass is 79.9. The third-order valence-corrected chi connectivity index (χ3v) is 3.52. The molecule has 1 aromatic rings. The molecule has 1 N–H and O–H groups in total. The van der Waals surface area contributed by atoms with Crippen LogP contribution in [-0.4, -0.2) is 17.8 Å². The number of benzene rings is 1. The molecule has 2 nitrogen and oxygen atoms in total. The molecular formula is C13H17BrClNO. The molecule has 94 valence electrons. The molecule has 1 atom stereocenters. The Morgan fingerprint density at radius 3 is 2.88 bits per heavy atom. The molecular weight excluding hydrogens is 302 g/mol. The first-order valence-electron chi connectivity index (χ1n) is 5.73. The van der Waals surface area contributed by atoms with Crippen LogP contribution in [0.4, 0.5) is 0 Å². The van der Waals surface area contributed by atoms with Gasteiger partial charge in [0.15, 0.2) is 0 Å². The van der Waals surface area contributed by atoms with Gasteiger partial charge < -0.3 is 5.32 Å². The van der Waals surface area contributed by atoms with Gasteiger partial charge in [-0.05, 0) is 41.4 Å². The van der Waals surface area contributed by atoms with Gasteiger partial charge in [-0.15, -0.1) is 11.6 Å². The van der Waals surface area contributed by atoms with Gasteiger partial charge in [-0.1, -0.05) is 25.0 Å². The van der Waals surface area contributed by atoms with Gasteiger partial charge in [0.2, 0.25) is 0 Å². The minimum Gasteiger partial charge on any atom is -0.351 e. The first kappa shape index (κ1) is 14.5. The molecule has 0 saturated heterocycles. The Morgan fingerprint density at radius 2 is 2.24 bits per heavy atom. The zero-order valence-electron chi connectivity index (χ0n) is 10.1. The van der Waals surface area contributed by atoms with E-state index in [9.17, 15) is 4.79 Å². The number of aryl methyl sites for hydroxylation is 1. The van der Waals surface area contributed by atoms with Crippen molar-refractivity contribution in [2.24, 2.45) is 0 Å². The molecule has 1 amide bonds. The van der Waals surface area contributed by atoms with E-state index in [1.54, 1.807) is 0 Å². The van der Waals surface area contributed by atoms with E-state index in [1.807, 2.05) is 25.1 Å². The summed E-state index contributed by atoms with van der Waals surface area (Å²) in [7, 11) is 0. The lowest BCUT2D eigenvalue weighted by Crippen LogP contribution is -2.30. The number of carbonyl (C=O) groups is 1. The molecule has 17 heavy (non-hydrogen) atoms. The Bertz CT molecular complexity index is 395. The van der Waals surface area contributed by atoms with Crippen molar-refractivity contribution >= 4 is 33.4 Å². The van der Waals surface area contributed by atoms with E-state index in [-0.39, 0.29) is 11.3 Å². The molecule has 1 rings (SSSR count). The van der Waals surface area contributed by atoms with Crippen LogP contribution in [0.15, 0.2) is 22.7 Å². The molecule has 1 unspecified atom stereocenters. The van der Waals surface area contributed by atoms with E-state index in [0.717, 1.165) is 22.9 Å². The van der Waals surface area contributed by atoms with Crippen LogP contribution in [0.2, 0.25) is 0 Å². The summed E-state index contributed by atoms with van der Waals surface area (Å²) in [6.07, 6.45) is 1.94. The Balaban J connectivity index is 2.61. The van der Waals surface area contributed by atoms with Crippen molar-refractivity contribution in [2.75, 3.05) is 6.54 Å². The molecule has 0 saturated carbocycles. The summed E-state index contributed by atoms with van der Waals surface area (Å²) < 4.78 is 0.808. The number of hydrogen-bond donors (Lipinski definition) is 1. The lowest BCUT2D eigenvalue weighted by Gasteiger charge is -2.11. The molecule has 0 aliphatic heterocycles. The summed E-state index contributed by atoms with van der Waals surface area (Å²) in [5, 5.41) is 2.86. The van der Waals surface area contributed by atoms with Crippen LogP contribution in [-0.2, 0) is 0 Å². The van der Waals surface area contributed by atoms with E-state index in [1.165, 1.54) is 0 Å². The number of nitrogens with one attached hydrogen (secondary N) is 1. The maximum atomic E-state index is 11.9. The third kappa shape index (κ3) is 4.68. The lowest BCUT2D eigenvalue weighted by molar-refractivity contribution is 0.0952. The fourth-order valence-electron chi connectivity index (χ4n) is 1.53. The Labute approximate surface area is 116 Å². The van der Waals surface area contributed by atoms with E-state index in [4.69, 9.17) is 11.6 Å². The molecule has 1 aromatic carbocycles. The highest BCUT2D eigenvalue weighted by Gasteiger charge is 2.11. The summed E-state index contributed by atoms with van der Waals surface area (Å²) >= 11 is 9.43. The number of amides is 1. The first-order chi connectivity index (χ1) is 8.04. The summed E-state index contributed by atoms with van der Waals surface area (Å²) in [6.45, 7) is 4.55. The van der Waals surface area contributed by atoms with Gasteiger partial charge >= 0.3 is 0 Å². The molecule has 0 fully saturated rings. The molecule has 0 aromatic heterocycles. The largest absolute Gasteiger partial charge is 0.351 e.